The van der Waals surface area contributed by atoms with Crippen LogP contribution in [0, 0.1) is 6.92 Å². The Morgan fingerprint density at radius 1 is 1.25 bits per heavy atom. The Hall–Kier alpha value is -2.83. The highest BCUT2D eigenvalue weighted by Crippen LogP contribution is 2.35. The number of nitrogens with zero attached hydrogens (tertiary/aromatic N) is 4. The van der Waals surface area contributed by atoms with Crippen LogP contribution in [0.4, 0.5) is 0 Å². The van der Waals surface area contributed by atoms with Crippen LogP contribution in [0.3, 0.4) is 0 Å². The zero-order valence-corrected chi connectivity index (χ0v) is 17.5. The summed E-state index contributed by atoms with van der Waals surface area (Å²) in [6.45, 7) is 10.4. The molecule has 7 nitrogen and oxygen atoms in total. The third-order valence-electron chi connectivity index (χ3n) is 4.90. The van der Waals surface area contributed by atoms with Crippen molar-refractivity contribution in [1.29, 1.82) is 0 Å². The number of carbonyl (C=O) groups excluding carboxylic acids is 1. The van der Waals surface area contributed by atoms with E-state index in [4.69, 9.17) is 4.74 Å². The summed E-state index contributed by atoms with van der Waals surface area (Å²) >= 11 is 0. The maximum absolute atomic E-state index is 11.1. The fraction of sp³-hybridized carbons (Fsp3) is 0.476. The molecule has 0 aliphatic rings. The third-order valence-corrected chi connectivity index (χ3v) is 4.90. The van der Waals surface area contributed by atoms with Gasteiger partial charge < -0.3 is 10.1 Å². The summed E-state index contributed by atoms with van der Waals surface area (Å²) in [5.74, 6) is 0.785. The van der Waals surface area contributed by atoms with Gasteiger partial charge in [-0.1, -0.05) is 0 Å². The van der Waals surface area contributed by atoms with Crippen LogP contribution in [-0.4, -0.2) is 38.1 Å². The molecule has 1 aromatic carbocycles. The maximum atomic E-state index is 11.1. The van der Waals surface area contributed by atoms with Crippen LogP contribution in [0.15, 0.2) is 24.5 Å². The highest BCUT2D eigenvalue weighted by molar-refractivity contribution is 5.92. The van der Waals surface area contributed by atoms with E-state index in [9.17, 15) is 4.79 Å². The number of aromatic nitrogens is 4. The molecular formula is C21H29N5O2. The normalized spacial score (nSPS) is 12.5. The number of benzene rings is 1. The second-order valence-corrected chi connectivity index (χ2v) is 7.58. The minimum Gasteiger partial charge on any atom is -0.490 e. The molecule has 0 fully saturated rings. The highest BCUT2D eigenvalue weighted by atomic mass is 16.5. The number of carbonyl (C=O) groups is 1. The lowest BCUT2D eigenvalue weighted by Gasteiger charge is -2.17. The van der Waals surface area contributed by atoms with Crippen molar-refractivity contribution in [2.45, 2.75) is 53.2 Å². The highest BCUT2D eigenvalue weighted by Gasteiger charge is 2.17. The van der Waals surface area contributed by atoms with Gasteiger partial charge in [-0.25, -0.2) is 0 Å². The molecule has 0 aliphatic heterocycles. The Labute approximate surface area is 165 Å². The van der Waals surface area contributed by atoms with Crippen LogP contribution < -0.4 is 10.1 Å². The first-order valence-corrected chi connectivity index (χ1v) is 9.69. The number of nitrogens with one attached hydrogen (secondary N) is 1. The smallest absolute Gasteiger partial charge is 0.216 e. The maximum Gasteiger partial charge on any atom is 0.216 e. The van der Waals surface area contributed by atoms with Crippen molar-refractivity contribution in [1.82, 2.24) is 24.9 Å². The molecule has 0 saturated heterocycles. The molecule has 0 aliphatic carbocycles. The van der Waals surface area contributed by atoms with E-state index < -0.39 is 0 Å². The molecule has 0 bridgehead atoms. The van der Waals surface area contributed by atoms with Gasteiger partial charge in [0.25, 0.3) is 0 Å². The monoisotopic (exact) mass is 383 g/mol. The van der Waals surface area contributed by atoms with Crippen molar-refractivity contribution in [2.75, 3.05) is 6.54 Å². The van der Waals surface area contributed by atoms with Gasteiger partial charge in [0, 0.05) is 50.4 Å². The lowest BCUT2D eigenvalue weighted by atomic mass is 10.1. The standard InChI is InChI=1S/C21H29N5O2/c1-13(2)26-12-18(11-23-26)17-9-19-21(15(4)25(6)24-19)20(10-17)28-14(3)7-8-22-16(5)27/h9-14H,7-8H2,1-6H3,(H,22,27)/t14-/m1/s1. The molecule has 0 unspecified atom stereocenters. The number of hydrogen-bond donors (Lipinski definition) is 1. The summed E-state index contributed by atoms with van der Waals surface area (Å²) in [5, 5.41) is 12.9. The zero-order chi connectivity index (χ0) is 20.4. The second kappa shape index (κ2) is 8.04. The number of rotatable bonds is 7. The summed E-state index contributed by atoms with van der Waals surface area (Å²) < 4.78 is 10.1. The third kappa shape index (κ3) is 4.18. The number of fused-ring (bicyclic) bond motifs is 1. The van der Waals surface area contributed by atoms with Crippen LogP contribution in [-0.2, 0) is 11.8 Å². The molecule has 28 heavy (non-hydrogen) atoms. The number of amides is 1. The predicted octanol–water partition coefficient (Wildman–Crippen LogP) is 3.62. The molecular weight excluding hydrogens is 354 g/mol. The van der Waals surface area contributed by atoms with E-state index >= 15 is 0 Å². The molecule has 3 aromatic rings. The van der Waals surface area contributed by atoms with Gasteiger partial charge >= 0.3 is 0 Å². The van der Waals surface area contributed by atoms with E-state index in [-0.39, 0.29) is 12.0 Å². The van der Waals surface area contributed by atoms with Gasteiger partial charge in [-0.2, -0.15) is 10.2 Å². The van der Waals surface area contributed by atoms with Crippen LogP contribution >= 0.6 is 0 Å². The molecule has 3 rings (SSSR count). The van der Waals surface area contributed by atoms with Crippen LogP contribution in [0.1, 0.15) is 45.9 Å². The average molecular weight is 383 g/mol. The molecule has 1 atom stereocenters. The first-order valence-electron chi connectivity index (χ1n) is 9.69. The van der Waals surface area contributed by atoms with E-state index in [1.54, 1.807) is 0 Å². The average Bonchev–Trinajstić information content (AvgIpc) is 3.20. The summed E-state index contributed by atoms with van der Waals surface area (Å²) in [4.78, 5) is 11.1. The fourth-order valence-corrected chi connectivity index (χ4v) is 3.20. The summed E-state index contributed by atoms with van der Waals surface area (Å²) in [5.41, 5.74) is 4.03. The van der Waals surface area contributed by atoms with Crippen molar-refractivity contribution in [2.24, 2.45) is 7.05 Å². The quantitative estimate of drug-likeness (QED) is 0.676. The van der Waals surface area contributed by atoms with Crippen molar-refractivity contribution in [3.8, 4) is 16.9 Å². The van der Waals surface area contributed by atoms with E-state index in [0.29, 0.717) is 12.6 Å². The Bertz CT molecular complexity index is 986. The van der Waals surface area contributed by atoms with Crippen molar-refractivity contribution >= 4 is 16.8 Å². The minimum atomic E-state index is -0.0386. The number of hydrogen-bond acceptors (Lipinski definition) is 4. The van der Waals surface area contributed by atoms with E-state index in [0.717, 1.165) is 39.9 Å². The Balaban J connectivity index is 1.95. The lowest BCUT2D eigenvalue weighted by Crippen LogP contribution is -2.25. The van der Waals surface area contributed by atoms with E-state index in [1.165, 1.54) is 6.92 Å². The summed E-state index contributed by atoms with van der Waals surface area (Å²) in [7, 11) is 1.94. The molecule has 1 amide bonds. The Kier molecular flexibility index (Phi) is 5.72. The van der Waals surface area contributed by atoms with Gasteiger partial charge in [0.1, 0.15) is 5.75 Å². The Morgan fingerprint density at radius 2 is 2.00 bits per heavy atom. The van der Waals surface area contributed by atoms with Gasteiger partial charge in [-0.05, 0) is 45.4 Å². The van der Waals surface area contributed by atoms with Crippen LogP contribution in [0.2, 0.25) is 0 Å². The van der Waals surface area contributed by atoms with Gasteiger partial charge in [0.2, 0.25) is 5.91 Å². The minimum absolute atomic E-state index is 0.0261. The summed E-state index contributed by atoms with van der Waals surface area (Å²) in [6, 6.07) is 4.45. The topological polar surface area (TPSA) is 74.0 Å². The fourth-order valence-electron chi connectivity index (χ4n) is 3.20. The first-order chi connectivity index (χ1) is 13.3. The number of ether oxygens (including phenoxy) is 1. The molecule has 0 saturated carbocycles. The SMILES string of the molecule is CC(=O)NCC[C@@H](C)Oc1cc(-c2cnn(C(C)C)c2)cc2nn(C)c(C)c12. The van der Waals surface area contributed by atoms with Crippen molar-refractivity contribution in [3.63, 3.8) is 0 Å². The molecule has 2 aromatic heterocycles. The van der Waals surface area contributed by atoms with Crippen LogP contribution in [0.25, 0.3) is 22.0 Å². The lowest BCUT2D eigenvalue weighted by molar-refractivity contribution is -0.119. The van der Waals surface area contributed by atoms with Crippen molar-refractivity contribution < 1.29 is 9.53 Å². The van der Waals surface area contributed by atoms with E-state index in [1.807, 2.05) is 42.7 Å². The zero-order valence-electron chi connectivity index (χ0n) is 17.5. The van der Waals surface area contributed by atoms with Crippen LogP contribution in [0.5, 0.6) is 5.75 Å². The molecule has 0 spiro atoms. The van der Waals surface area contributed by atoms with Gasteiger partial charge in [-0.15, -0.1) is 0 Å². The van der Waals surface area contributed by atoms with Gasteiger partial charge in [0.05, 0.1) is 23.2 Å². The van der Waals surface area contributed by atoms with Gasteiger partial charge in [0.15, 0.2) is 0 Å². The molecule has 150 valence electrons. The largest absolute Gasteiger partial charge is 0.490 e. The molecule has 2 heterocycles. The second-order valence-electron chi connectivity index (χ2n) is 7.58. The molecule has 7 heteroatoms. The van der Waals surface area contributed by atoms with E-state index in [2.05, 4.69) is 41.5 Å². The summed E-state index contributed by atoms with van der Waals surface area (Å²) in [6.07, 6.45) is 4.62. The molecule has 1 N–H and O–H groups in total. The molecule has 0 radical (unpaired) electrons. The van der Waals surface area contributed by atoms with Gasteiger partial charge in [-0.3, -0.25) is 14.2 Å². The first kappa shape index (κ1) is 19.9. The van der Waals surface area contributed by atoms with Crippen molar-refractivity contribution in [3.05, 3.63) is 30.2 Å². The Morgan fingerprint density at radius 3 is 2.64 bits per heavy atom. The predicted molar refractivity (Wildman–Crippen MR) is 110 cm³/mol. The number of aryl methyl sites for hydroxylation is 2.